The maximum Gasteiger partial charge on any atom is 0.416 e. The number of halogens is 5. The lowest BCUT2D eigenvalue weighted by Crippen LogP contribution is -2.37. The highest BCUT2D eigenvalue weighted by Gasteiger charge is 2.30. The number of carbonyl (C=O) groups excluding carboxylic acids is 1. The van der Waals surface area contributed by atoms with Crippen LogP contribution in [0, 0.1) is 5.82 Å². The van der Waals surface area contributed by atoms with E-state index >= 15 is 0 Å². The van der Waals surface area contributed by atoms with Crippen molar-refractivity contribution in [3.8, 4) is 0 Å². The van der Waals surface area contributed by atoms with E-state index in [2.05, 4.69) is 19.6 Å². The SMILES string of the molecule is C[Si](C)(C)c1ccc(CN(CCc2cccc(C(F)(F)F)c2)C(=O)c2cccc(Cl)c2F)cc1. The summed E-state index contributed by atoms with van der Waals surface area (Å²) >= 11 is 5.87. The fourth-order valence-electron chi connectivity index (χ4n) is 3.59. The molecule has 8 heteroatoms. The van der Waals surface area contributed by atoms with E-state index in [0.29, 0.717) is 5.56 Å². The van der Waals surface area contributed by atoms with E-state index in [1.807, 2.05) is 24.3 Å². The van der Waals surface area contributed by atoms with Crippen molar-refractivity contribution in [1.29, 1.82) is 0 Å². The van der Waals surface area contributed by atoms with Gasteiger partial charge in [-0.25, -0.2) is 4.39 Å². The first-order chi connectivity index (χ1) is 15.9. The normalized spacial score (nSPS) is 12.0. The third-order valence-electron chi connectivity index (χ3n) is 5.59. The lowest BCUT2D eigenvalue weighted by molar-refractivity contribution is -0.137. The smallest absolute Gasteiger partial charge is 0.334 e. The van der Waals surface area contributed by atoms with Crippen LogP contribution in [0.2, 0.25) is 24.7 Å². The predicted molar refractivity (Wildman–Crippen MR) is 131 cm³/mol. The highest BCUT2D eigenvalue weighted by Crippen LogP contribution is 2.29. The molecule has 0 heterocycles. The Morgan fingerprint density at radius 2 is 1.59 bits per heavy atom. The van der Waals surface area contributed by atoms with Crippen LogP contribution in [-0.2, 0) is 19.1 Å². The Morgan fingerprint density at radius 3 is 2.21 bits per heavy atom. The molecule has 34 heavy (non-hydrogen) atoms. The first-order valence-electron chi connectivity index (χ1n) is 10.8. The number of benzene rings is 3. The number of alkyl halides is 3. The van der Waals surface area contributed by atoms with Gasteiger partial charge in [0.1, 0.15) is 0 Å². The highest BCUT2D eigenvalue weighted by molar-refractivity contribution is 6.88. The zero-order valence-corrected chi connectivity index (χ0v) is 21.0. The molecule has 0 spiro atoms. The molecule has 3 aromatic rings. The number of carbonyl (C=O) groups is 1. The quantitative estimate of drug-likeness (QED) is 0.251. The molecule has 1 amide bonds. The monoisotopic (exact) mass is 507 g/mol. The molecule has 0 aliphatic carbocycles. The highest BCUT2D eigenvalue weighted by atomic mass is 35.5. The molecule has 0 bridgehead atoms. The molecule has 0 N–H and O–H groups in total. The van der Waals surface area contributed by atoms with Gasteiger partial charge in [0.2, 0.25) is 0 Å². The zero-order valence-electron chi connectivity index (χ0n) is 19.2. The van der Waals surface area contributed by atoms with Gasteiger partial charge >= 0.3 is 6.18 Å². The van der Waals surface area contributed by atoms with Crippen molar-refractivity contribution in [2.24, 2.45) is 0 Å². The van der Waals surface area contributed by atoms with Crippen molar-refractivity contribution in [1.82, 2.24) is 4.90 Å². The van der Waals surface area contributed by atoms with Gasteiger partial charge in [-0.3, -0.25) is 4.79 Å². The molecule has 0 radical (unpaired) electrons. The van der Waals surface area contributed by atoms with Crippen LogP contribution in [-0.4, -0.2) is 25.4 Å². The summed E-state index contributed by atoms with van der Waals surface area (Å²) in [5.74, 6) is -1.38. The van der Waals surface area contributed by atoms with E-state index in [1.54, 1.807) is 6.07 Å². The summed E-state index contributed by atoms with van der Waals surface area (Å²) in [4.78, 5) is 14.7. The Kier molecular flexibility index (Phi) is 7.88. The molecule has 0 unspecified atom stereocenters. The van der Waals surface area contributed by atoms with E-state index in [-0.39, 0.29) is 30.1 Å². The van der Waals surface area contributed by atoms with Gasteiger partial charge in [0, 0.05) is 13.1 Å². The molecule has 0 aliphatic rings. The molecular weight excluding hydrogens is 482 g/mol. The second-order valence-electron chi connectivity index (χ2n) is 9.22. The van der Waals surface area contributed by atoms with Crippen molar-refractivity contribution in [3.05, 3.63) is 99.8 Å². The summed E-state index contributed by atoms with van der Waals surface area (Å²) in [5.41, 5.74) is 0.371. The summed E-state index contributed by atoms with van der Waals surface area (Å²) in [6, 6.07) is 17.2. The van der Waals surface area contributed by atoms with E-state index < -0.39 is 31.5 Å². The van der Waals surface area contributed by atoms with Crippen LogP contribution >= 0.6 is 11.6 Å². The van der Waals surface area contributed by atoms with Crippen LogP contribution in [0.5, 0.6) is 0 Å². The second-order valence-corrected chi connectivity index (χ2v) is 14.7. The van der Waals surface area contributed by atoms with Gasteiger partial charge in [-0.2, -0.15) is 13.2 Å². The van der Waals surface area contributed by atoms with Crippen LogP contribution in [0.4, 0.5) is 17.6 Å². The molecule has 180 valence electrons. The Balaban J connectivity index is 1.87. The maximum absolute atomic E-state index is 14.6. The third-order valence-corrected chi connectivity index (χ3v) is 7.94. The topological polar surface area (TPSA) is 20.3 Å². The predicted octanol–water partition coefficient (Wildman–Crippen LogP) is 6.93. The fourth-order valence-corrected chi connectivity index (χ4v) is 4.93. The average molecular weight is 508 g/mol. The van der Waals surface area contributed by atoms with Crippen LogP contribution < -0.4 is 5.19 Å². The van der Waals surface area contributed by atoms with Crippen LogP contribution in [0.25, 0.3) is 0 Å². The summed E-state index contributed by atoms with van der Waals surface area (Å²) in [5, 5.41) is 1.10. The lowest BCUT2D eigenvalue weighted by Gasteiger charge is -2.24. The Bertz CT molecular complexity index is 1160. The molecule has 2 nitrogen and oxygen atoms in total. The van der Waals surface area contributed by atoms with Gasteiger partial charge in [0.15, 0.2) is 5.82 Å². The Morgan fingerprint density at radius 1 is 0.941 bits per heavy atom. The van der Waals surface area contributed by atoms with Crippen LogP contribution in [0.15, 0.2) is 66.7 Å². The van der Waals surface area contributed by atoms with Crippen LogP contribution in [0.3, 0.4) is 0 Å². The molecule has 0 aliphatic heterocycles. The first kappa shape index (κ1) is 26.0. The van der Waals surface area contributed by atoms with E-state index in [1.165, 1.54) is 34.4 Å². The van der Waals surface area contributed by atoms with Crippen molar-refractivity contribution < 1.29 is 22.4 Å². The fraction of sp³-hybridized carbons (Fsp3) is 0.269. The van der Waals surface area contributed by atoms with Gasteiger partial charge in [0.05, 0.1) is 24.2 Å². The molecule has 0 fully saturated rings. The molecule has 0 atom stereocenters. The summed E-state index contributed by atoms with van der Waals surface area (Å²) < 4.78 is 53.8. The summed E-state index contributed by atoms with van der Waals surface area (Å²) in [6.07, 6.45) is -4.27. The molecular formula is C26H26ClF4NOSi. The van der Waals surface area contributed by atoms with Gasteiger partial charge in [-0.15, -0.1) is 0 Å². The number of rotatable bonds is 7. The van der Waals surface area contributed by atoms with Gasteiger partial charge < -0.3 is 4.90 Å². The van der Waals surface area contributed by atoms with Crippen LogP contribution in [0.1, 0.15) is 27.0 Å². The second kappa shape index (κ2) is 10.3. The first-order valence-corrected chi connectivity index (χ1v) is 14.7. The molecule has 3 rings (SSSR count). The number of hydrogen-bond acceptors (Lipinski definition) is 1. The van der Waals surface area contributed by atoms with E-state index in [4.69, 9.17) is 11.6 Å². The van der Waals surface area contributed by atoms with Crippen molar-refractivity contribution >= 4 is 30.8 Å². The summed E-state index contributed by atoms with van der Waals surface area (Å²) in [6.45, 7) is 7.00. The number of nitrogens with zero attached hydrogens (tertiary/aromatic N) is 1. The largest absolute Gasteiger partial charge is 0.416 e. The average Bonchev–Trinajstić information content (AvgIpc) is 2.77. The molecule has 0 saturated carbocycles. The van der Waals surface area contributed by atoms with Gasteiger partial charge in [-0.1, -0.05) is 85.0 Å². The van der Waals surface area contributed by atoms with Crippen molar-refractivity contribution in [2.45, 2.75) is 38.8 Å². The minimum atomic E-state index is -4.45. The molecule has 0 saturated heterocycles. The van der Waals surface area contributed by atoms with Gasteiger partial charge in [-0.05, 0) is 35.7 Å². The zero-order chi connectivity index (χ0) is 25.1. The standard InChI is InChI=1S/C26H26ClF4NOSi/c1-34(2,3)21-12-10-19(11-13-21)17-32(25(33)22-8-5-9-23(27)24(22)28)15-14-18-6-4-7-20(16-18)26(29,30)31/h4-13,16H,14-15,17H2,1-3H3. The Labute approximate surface area is 203 Å². The maximum atomic E-state index is 14.6. The van der Waals surface area contributed by atoms with Gasteiger partial charge in [0.25, 0.3) is 5.91 Å². The molecule has 0 aromatic heterocycles. The third kappa shape index (κ3) is 6.48. The number of amides is 1. The lowest BCUT2D eigenvalue weighted by atomic mass is 10.1. The molecule has 3 aromatic carbocycles. The Hall–Kier alpha value is -2.64. The van der Waals surface area contributed by atoms with Crippen molar-refractivity contribution in [2.75, 3.05) is 6.54 Å². The summed E-state index contributed by atoms with van der Waals surface area (Å²) in [7, 11) is -1.50. The minimum Gasteiger partial charge on any atom is -0.334 e. The van der Waals surface area contributed by atoms with E-state index in [0.717, 1.165) is 17.7 Å². The number of hydrogen-bond donors (Lipinski definition) is 0. The minimum absolute atomic E-state index is 0.113. The van der Waals surface area contributed by atoms with E-state index in [9.17, 15) is 22.4 Å². The van der Waals surface area contributed by atoms with Crippen molar-refractivity contribution in [3.63, 3.8) is 0 Å².